The van der Waals surface area contributed by atoms with E-state index >= 15 is 0 Å². The van der Waals surface area contributed by atoms with E-state index in [0.29, 0.717) is 121 Å². The lowest BCUT2D eigenvalue weighted by Crippen LogP contribution is -2.46. The smallest absolute Gasteiger partial charge is 0.262 e. The summed E-state index contributed by atoms with van der Waals surface area (Å²) < 4.78 is 25.2. The second-order valence-electron chi connectivity index (χ2n) is 18.5. The van der Waals surface area contributed by atoms with Crippen molar-refractivity contribution >= 4 is 69.2 Å². The Labute approximate surface area is 403 Å². The first kappa shape index (κ1) is 47.4. The molecule has 17 heteroatoms. The van der Waals surface area contributed by atoms with Gasteiger partial charge in [0.15, 0.2) is 5.78 Å². The highest BCUT2D eigenvalue weighted by molar-refractivity contribution is 6.23. The molecule has 0 spiro atoms. The lowest BCUT2D eigenvalue weighted by Gasteiger charge is -2.38. The van der Waals surface area contributed by atoms with Crippen molar-refractivity contribution in [2.45, 2.75) is 64.8 Å². The van der Waals surface area contributed by atoms with Crippen molar-refractivity contribution in [3.63, 3.8) is 0 Å². The summed E-state index contributed by atoms with van der Waals surface area (Å²) in [6.45, 7) is 6.04. The summed E-state index contributed by atoms with van der Waals surface area (Å²) in [5, 5.41) is 9.21. The van der Waals surface area contributed by atoms with E-state index in [-0.39, 0.29) is 29.4 Å². The van der Waals surface area contributed by atoms with Crippen molar-refractivity contribution < 1.29 is 47.4 Å². The average molecular weight is 952 g/mol. The number of carbonyl (C=O) groups is 7. The molecule has 1 saturated carbocycles. The van der Waals surface area contributed by atoms with Gasteiger partial charge in [0.05, 0.1) is 35.4 Å². The lowest BCUT2D eigenvalue weighted by molar-refractivity contribution is -0.137. The van der Waals surface area contributed by atoms with Crippen LogP contribution in [0.4, 0.5) is 21.5 Å². The molecule has 4 aliphatic rings. The second kappa shape index (κ2) is 19.7. The van der Waals surface area contributed by atoms with Gasteiger partial charge in [0.1, 0.15) is 28.5 Å². The van der Waals surface area contributed by atoms with Crippen LogP contribution in [0.1, 0.15) is 89.9 Å². The molecule has 1 unspecified atom stereocenters. The lowest BCUT2D eigenvalue weighted by atomic mass is 9.91. The Kier molecular flexibility index (Phi) is 13.4. The number of nitrogens with zero attached hydrogens (tertiary/aromatic N) is 4. The molecule has 3 N–H and O–H groups in total. The SMILES string of the molecule is CCC(C(C)=O)N1C(=O)c2ccc(N3CCC(C(=O)N4CCC(CNC(=O)c5cc6nccc(Oc7ccc(NC(=O)C8(C(=O)Nc9ccc(F)cc9)CC8)cc7)c6cc5OC)CC4)CC3)cc2C1=O. The number of carbonyl (C=O) groups excluding carboxylic acids is 7. The molecule has 9 rings (SSSR count). The van der Waals surface area contributed by atoms with Crippen LogP contribution in [0.2, 0.25) is 0 Å². The number of hydrogen-bond donors (Lipinski definition) is 3. The third kappa shape index (κ3) is 9.52. The van der Waals surface area contributed by atoms with Gasteiger partial charge < -0.3 is 35.2 Å². The second-order valence-corrected chi connectivity index (χ2v) is 18.5. The normalized spacial score (nSPS) is 17.2. The highest BCUT2D eigenvalue weighted by Crippen LogP contribution is 2.48. The maximum Gasteiger partial charge on any atom is 0.262 e. The van der Waals surface area contributed by atoms with E-state index < -0.39 is 40.9 Å². The maximum atomic E-state index is 13.7. The Hall–Kier alpha value is -7.69. The van der Waals surface area contributed by atoms with Crippen LogP contribution in [0.25, 0.3) is 10.9 Å². The predicted molar refractivity (Wildman–Crippen MR) is 258 cm³/mol. The van der Waals surface area contributed by atoms with Gasteiger partial charge in [-0.3, -0.25) is 43.4 Å². The number of Topliss-reactive ketones (excluding diaryl/α,β-unsaturated/α-hetero) is 1. The number of benzene rings is 4. The molecule has 1 atom stereocenters. The standard InChI is InChI=1S/C53H54FN7O9/c1-4-44(31(2)62)61-49(65)39-14-11-37(27-40(39)50(61)66)59-25-18-33(19-26-59)48(64)60-23-16-32(17-24-60)30-56-47(63)42-28-43-41(29-46(42)69-3)45(15-22-55-43)70-38-12-9-36(10-13-38)58-52(68)53(20-21-53)51(67)57-35-7-5-34(54)6-8-35/h5-15,22,27-29,32-33,44H,4,16-21,23-26,30H2,1-3H3,(H,56,63)(H,57,67)(H,58,68). The van der Waals surface area contributed by atoms with Crippen molar-refractivity contribution in [1.29, 1.82) is 0 Å². The number of ketones is 1. The summed E-state index contributed by atoms with van der Waals surface area (Å²) in [5.74, 6) is -1.28. The fraction of sp³-hybridized carbons (Fsp3) is 0.358. The third-order valence-electron chi connectivity index (χ3n) is 14.1. The van der Waals surface area contributed by atoms with Gasteiger partial charge in [-0.1, -0.05) is 6.92 Å². The maximum absolute atomic E-state index is 13.7. The molecule has 3 aliphatic heterocycles. The molecule has 1 aromatic heterocycles. The monoisotopic (exact) mass is 951 g/mol. The Morgan fingerprint density at radius 3 is 2.04 bits per heavy atom. The minimum atomic E-state index is -1.21. The zero-order valence-electron chi connectivity index (χ0n) is 39.2. The molecular weight excluding hydrogens is 898 g/mol. The fourth-order valence-electron chi connectivity index (χ4n) is 9.74. The molecule has 70 heavy (non-hydrogen) atoms. The number of pyridine rings is 1. The van der Waals surface area contributed by atoms with Gasteiger partial charge in [-0.2, -0.15) is 0 Å². The molecule has 3 fully saturated rings. The zero-order chi connectivity index (χ0) is 49.3. The van der Waals surface area contributed by atoms with Crippen LogP contribution in [0.5, 0.6) is 17.2 Å². The Morgan fingerprint density at radius 2 is 1.43 bits per heavy atom. The number of halogens is 1. The number of ether oxygens (including phenoxy) is 2. The Morgan fingerprint density at radius 1 is 0.786 bits per heavy atom. The van der Waals surface area contributed by atoms with Gasteiger partial charge in [-0.15, -0.1) is 0 Å². The summed E-state index contributed by atoms with van der Waals surface area (Å²) in [5.41, 5.74) is 1.93. The molecule has 16 nitrogen and oxygen atoms in total. The van der Waals surface area contributed by atoms with Gasteiger partial charge >= 0.3 is 0 Å². The number of piperidine rings is 2. The van der Waals surface area contributed by atoms with E-state index in [1.54, 1.807) is 67.7 Å². The number of anilines is 3. The van der Waals surface area contributed by atoms with Crippen molar-refractivity contribution in [1.82, 2.24) is 20.1 Å². The summed E-state index contributed by atoms with van der Waals surface area (Å²) >= 11 is 0. The van der Waals surface area contributed by atoms with Gasteiger partial charge in [0.2, 0.25) is 17.7 Å². The number of aromatic nitrogens is 1. The summed E-state index contributed by atoms with van der Waals surface area (Å²) in [6.07, 6.45) is 5.53. The van der Waals surface area contributed by atoms with E-state index in [4.69, 9.17) is 9.47 Å². The number of fused-ring (bicyclic) bond motifs is 2. The quantitative estimate of drug-likeness (QED) is 0.0700. The molecule has 0 bridgehead atoms. The first-order valence-electron chi connectivity index (χ1n) is 23.7. The largest absolute Gasteiger partial charge is 0.496 e. The third-order valence-corrected chi connectivity index (χ3v) is 14.1. The van der Waals surface area contributed by atoms with Crippen LogP contribution in [-0.2, 0) is 19.2 Å². The molecular formula is C53H54FN7O9. The van der Waals surface area contributed by atoms with Crippen molar-refractivity contribution in [2.24, 2.45) is 17.3 Å². The number of imide groups is 1. The molecule has 1 aliphatic carbocycles. The van der Waals surface area contributed by atoms with Crippen molar-refractivity contribution in [2.75, 3.05) is 55.4 Å². The van der Waals surface area contributed by atoms with Crippen LogP contribution in [0.15, 0.2) is 91.1 Å². The highest BCUT2D eigenvalue weighted by atomic mass is 19.1. The summed E-state index contributed by atoms with van der Waals surface area (Å²) in [6, 6.07) is 21.6. The van der Waals surface area contributed by atoms with Gasteiger partial charge in [-0.25, -0.2) is 4.39 Å². The van der Waals surface area contributed by atoms with E-state index in [0.717, 1.165) is 23.4 Å². The van der Waals surface area contributed by atoms with Crippen LogP contribution in [0, 0.1) is 23.1 Å². The predicted octanol–water partition coefficient (Wildman–Crippen LogP) is 7.38. The molecule has 4 heterocycles. The van der Waals surface area contributed by atoms with Crippen LogP contribution < -0.4 is 30.3 Å². The number of methoxy groups -OCH3 is 1. The minimum absolute atomic E-state index is 0.124. The zero-order valence-corrected chi connectivity index (χ0v) is 39.2. The minimum Gasteiger partial charge on any atom is -0.496 e. The Bertz CT molecular complexity index is 2890. The first-order valence-corrected chi connectivity index (χ1v) is 23.7. The van der Waals surface area contributed by atoms with E-state index in [9.17, 15) is 38.0 Å². The average Bonchev–Trinajstić information content (AvgIpc) is 4.16. The van der Waals surface area contributed by atoms with Crippen molar-refractivity contribution in [3.8, 4) is 17.2 Å². The van der Waals surface area contributed by atoms with E-state index in [1.807, 2.05) is 11.0 Å². The molecule has 2 saturated heterocycles. The fourth-order valence-corrected chi connectivity index (χ4v) is 9.74. The molecule has 5 aromatic rings. The summed E-state index contributed by atoms with van der Waals surface area (Å²) in [7, 11) is 1.49. The van der Waals surface area contributed by atoms with Crippen molar-refractivity contribution in [3.05, 3.63) is 114 Å². The van der Waals surface area contributed by atoms with E-state index in [1.165, 1.54) is 38.3 Å². The van der Waals surface area contributed by atoms with Crippen LogP contribution in [-0.4, -0.2) is 102 Å². The number of rotatable bonds is 15. The summed E-state index contributed by atoms with van der Waals surface area (Å²) in [4.78, 5) is 102. The van der Waals surface area contributed by atoms with Crippen LogP contribution >= 0.6 is 0 Å². The molecule has 0 radical (unpaired) electrons. The van der Waals surface area contributed by atoms with E-state index in [2.05, 4.69) is 25.8 Å². The molecule has 362 valence electrons. The number of amides is 6. The topological polar surface area (TPSA) is 197 Å². The van der Waals surface area contributed by atoms with Gasteiger partial charge in [0, 0.05) is 67.3 Å². The molecule has 6 amide bonds. The Balaban J connectivity index is 0.743. The van der Waals surface area contributed by atoms with Gasteiger partial charge in [-0.05, 0) is 143 Å². The van der Waals surface area contributed by atoms with Gasteiger partial charge in [0.25, 0.3) is 17.7 Å². The number of hydrogen-bond acceptors (Lipinski definition) is 11. The highest BCUT2D eigenvalue weighted by Gasteiger charge is 2.56. The number of likely N-dealkylation sites (tertiary alicyclic amines) is 1. The van der Waals surface area contributed by atoms with Crippen LogP contribution in [0.3, 0.4) is 0 Å². The molecule has 4 aromatic carbocycles. The first-order chi connectivity index (χ1) is 33.8. The number of nitrogens with one attached hydrogen (secondary N) is 3.